The minimum Gasteiger partial charge on any atom is -0.458 e. The van der Waals surface area contributed by atoms with Crippen LogP contribution in [0.15, 0.2) is 58.7 Å². The Balaban J connectivity index is 0.689. The SMILES string of the molecule is C=C1/C(=C\C=C2/CCC[C@@]3(C)C2CCC3[C@@H](C)/C=C/C(OC(=O)CCCCC(=O)O[C@@H]2[C@@]3(C(C)C)C[C@H]3[C@@H]3O[C@]34[C@]23O[C@H]3C[C@H]2C3=C(CC[C@@]24C)C(=O)OC3)C2CC2)C[C@@H](O)C[C@@H]1O. The lowest BCUT2D eigenvalue weighted by atomic mass is 9.46. The van der Waals surface area contributed by atoms with Crippen molar-refractivity contribution in [2.45, 2.75) is 192 Å². The highest BCUT2D eigenvalue weighted by molar-refractivity contribution is 5.92. The van der Waals surface area contributed by atoms with Gasteiger partial charge in [-0.05, 0) is 160 Å². The molecular formula is C54H72O10. The number of carbonyl (C=O) groups is 3. The molecule has 7 saturated carbocycles. The van der Waals surface area contributed by atoms with Gasteiger partial charge in [-0.2, -0.15) is 0 Å². The fourth-order valence-electron chi connectivity index (χ4n) is 16.2. The summed E-state index contributed by atoms with van der Waals surface area (Å²) >= 11 is 0. The van der Waals surface area contributed by atoms with E-state index in [-0.39, 0.29) is 77.3 Å². The number of hydrogen-bond donors (Lipinski definition) is 2. The van der Waals surface area contributed by atoms with Crippen molar-refractivity contribution < 1.29 is 48.3 Å². The molecule has 348 valence electrons. The number of aliphatic hydroxyl groups is 2. The molecule has 11 rings (SSSR count). The van der Waals surface area contributed by atoms with Crippen LogP contribution in [0.4, 0.5) is 0 Å². The van der Waals surface area contributed by atoms with E-state index in [2.05, 4.69) is 65.5 Å². The van der Waals surface area contributed by atoms with Gasteiger partial charge in [0.05, 0.1) is 24.4 Å². The van der Waals surface area contributed by atoms with Gasteiger partial charge in [-0.3, -0.25) is 9.59 Å². The van der Waals surface area contributed by atoms with Crippen molar-refractivity contribution in [3.8, 4) is 0 Å². The van der Waals surface area contributed by atoms with Crippen molar-refractivity contribution in [1.29, 1.82) is 0 Å². The van der Waals surface area contributed by atoms with Crippen molar-refractivity contribution in [1.82, 2.24) is 0 Å². The van der Waals surface area contributed by atoms with Crippen molar-refractivity contribution >= 4 is 17.9 Å². The van der Waals surface area contributed by atoms with E-state index in [0.29, 0.717) is 74.2 Å². The number of ether oxygens (including phenoxy) is 5. The summed E-state index contributed by atoms with van der Waals surface area (Å²) in [6, 6.07) is 0. The zero-order valence-electron chi connectivity index (χ0n) is 38.9. The van der Waals surface area contributed by atoms with E-state index in [4.69, 9.17) is 23.7 Å². The molecule has 3 unspecified atom stereocenters. The first-order chi connectivity index (χ1) is 30.6. The Morgan fingerprint density at radius 3 is 2.48 bits per heavy atom. The maximum atomic E-state index is 13.8. The molecule has 3 aliphatic heterocycles. The van der Waals surface area contributed by atoms with Crippen molar-refractivity contribution in [2.24, 2.45) is 57.7 Å². The Morgan fingerprint density at radius 2 is 1.72 bits per heavy atom. The highest BCUT2D eigenvalue weighted by Crippen LogP contribution is 2.87. The summed E-state index contributed by atoms with van der Waals surface area (Å²) in [5, 5.41) is 20.6. The van der Waals surface area contributed by atoms with Gasteiger partial charge in [0.15, 0.2) is 5.60 Å². The predicted octanol–water partition coefficient (Wildman–Crippen LogP) is 8.74. The molecule has 0 bridgehead atoms. The lowest BCUT2D eigenvalue weighted by Crippen LogP contribution is -2.67. The first-order valence-electron chi connectivity index (χ1n) is 25.4. The molecule has 2 spiro atoms. The number of epoxide rings is 2. The van der Waals surface area contributed by atoms with Gasteiger partial charge in [-0.1, -0.05) is 65.0 Å². The highest BCUT2D eigenvalue weighted by Gasteiger charge is 3.00. The molecule has 0 amide bonds. The summed E-state index contributed by atoms with van der Waals surface area (Å²) in [6.07, 6.45) is 20.9. The number of rotatable bonds is 13. The third-order valence-corrected chi connectivity index (χ3v) is 19.9. The summed E-state index contributed by atoms with van der Waals surface area (Å²) in [5.41, 5.74) is 3.83. The summed E-state index contributed by atoms with van der Waals surface area (Å²) in [4.78, 5) is 39.8. The van der Waals surface area contributed by atoms with E-state index >= 15 is 0 Å². The smallest absolute Gasteiger partial charge is 0.334 e. The molecular weight excluding hydrogens is 809 g/mol. The number of fused-ring (bicyclic) bond motifs is 5. The molecule has 2 saturated heterocycles. The Hall–Kier alpha value is -3.05. The topological polar surface area (TPSA) is 144 Å². The normalized spacial score (nSPS) is 46.9. The van der Waals surface area contributed by atoms with E-state index in [1.807, 2.05) is 0 Å². The molecule has 0 aromatic heterocycles. The van der Waals surface area contributed by atoms with Gasteiger partial charge in [-0.15, -0.1) is 0 Å². The van der Waals surface area contributed by atoms with Crippen LogP contribution in [0.25, 0.3) is 0 Å². The zero-order valence-corrected chi connectivity index (χ0v) is 38.9. The predicted molar refractivity (Wildman–Crippen MR) is 238 cm³/mol. The molecule has 10 heteroatoms. The highest BCUT2D eigenvalue weighted by atomic mass is 16.7. The molecule has 9 fully saturated rings. The molecule has 10 nitrogen and oxygen atoms in total. The molecule has 0 aromatic rings. The third kappa shape index (κ3) is 6.32. The number of hydrogen-bond acceptors (Lipinski definition) is 10. The Morgan fingerprint density at radius 1 is 0.938 bits per heavy atom. The average Bonchev–Trinajstić information content (AvgIpc) is 4.09. The Labute approximate surface area is 379 Å². The lowest BCUT2D eigenvalue weighted by molar-refractivity contribution is -0.172. The van der Waals surface area contributed by atoms with Crippen molar-refractivity contribution in [2.75, 3.05) is 6.61 Å². The number of cyclic esters (lactones) is 1. The monoisotopic (exact) mass is 881 g/mol. The first kappa shape index (κ1) is 43.5. The van der Waals surface area contributed by atoms with Gasteiger partial charge in [-0.25, -0.2) is 4.79 Å². The van der Waals surface area contributed by atoms with E-state index in [9.17, 15) is 24.6 Å². The average molecular weight is 881 g/mol. The number of esters is 3. The van der Waals surface area contributed by atoms with Crippen LogP contribution >= 0.6 is 0 Å². The summed E-state index contributed by atoms with van der Waals surface area (Å²) < 4.78 is 32.2. The van der Waals surface area contributed by atoms with Gasteiger partial charge in [0.25, 0.3) is 0 Å². The fourth-order valence-corrected chi connectivity index (χ4v) is 16.2. The van der Waals surface area contributed by atoms with Crippen molar-refractivity contribution in [3.05, 3.63) is 58.7 Å². The Kier molecular flexibility index (Phi) is 10.4. The zero-order chi connectivity index (χ0) is 44.7. The minimum atomic E-state index is -0.674. The van der Waals surface area contributed by atoms with Crippen LogP contribution < -0.4 is 0 Å². The summed E-state index contributed by atoms with van der Waals surface area (Å²) in [6.45, 7) is 16.1. The lowest BCUT2D eigenvalue weighted by Gasteiger charge is -2.54. The van der Waals surface area contributed by atoms with Crippen LogP contribution in [-0.4, -0.2) is 82.6 Å². The van der Waals surface area contributed by atoms with E-state index < -0.39 is 23.4 Å². The number of allylic oxidation sites excluding steroid dienone is 4. The maximum absolute atomic E-state index is 13.8. The minimum absolute atomic E-state index is 0.0792. The summed E-state index contributed by atoms with van der Waals surface area (Å²) in [7, 11) is 0. The van der Waals surface area contributed by atoms with Gasteiger partial charge >= 0.3 is 17.9 Å². The van der Waals surface area contributed by atoms with Gasteiger partial charge in [0, 0.05) is 35.7 Å². The van der Waals surface area contributed by atoms with Crippen LogP contribution in [0.3, 0.4) is 0 Å². The van der Waals surface area contributed by atoms with Gasteiger partial charge in [0.1, 0.15) is 24.4 Å². The maximum Gasteiger partial charge on any atom is 0.334 e. The number of carbonyl (C=O) groups excluding carboxylic acids is 3. The second-order valence-electron chi connectivity index (χ2n) is 23.3. The molecule has 2 N–H and O–H groups in total. The standard InChI is InChI=1S/C54H72O10/c1-29(2)52-27-41(52)47-54(64-47)51(6)23-21-36-37(28-60-48(36)59)40(51)26-44-53(54,63-44)49(52)62-46(58)12-8-7-11-45(57)61-43(33-15-16-33)20-13-30(3)38-18-19-39-32(10-9-22-50(38,39)5)14-17-34-24-35(55)25-42(56)31(34)4/h13-14,17,20,29-30,33,35,38-44,47,49,55-56H,4,7-12,15-16,18-19,21-28H2,1-3,5-6H3/b20-13+,32-14+,34-17-/t30-,35+,38?,39?,40-,41-,42-,43?,44-,47-,49+,50+,51-,52+,53+,54+/m0/s1. The van der Waals surface area contributed by atoms with Gasteiger partial charge < -0.3 is 33.9 Å². The molecule has 8 aliphatic carbocycles. The molecule has 0 radical (unpaired) electrons. The Bertz CT molecular complexity index is 2130. The fraction of sp³-hybridized carbons (Fsp3) is 0.759. The van der Waals surface area contributed by atoms with Crippen LogP contribution in [-0.2, 0) is 38.1 Å². The quantitative estimate of drug-likeness (QED) is 0.0606. The molecule has 11 aliphatic rings. The summed E-state index contributed by atoms with van der Waals surface area (Å²) in [5.74, 6) is 1.99. The van der Waals surface area contributed by atoms with E-state index in [1.165, 1.54) is 24.8 Å². The van der Waals surface area contributed by atoms with Crippen LogP contribution in [0.5, 0.6) is 0 Å². The van der Waals surface area contributed by atoms with Crippen molar-refractivity contribution in [3.63, 3.8) is 0 Å². The van der Waals surface area contributed by atoms with Gasteiger partial charge in [0.2, 0.25) is 0 Å². The van der Waals surface area contributed by atoms with Crippen LogP contribution in [0, 0.1) is 57.7 Å². The second-order valence-corrected chi connectivity index (χ2v) is 23.3. The molecule has 3 heterocycles. The third-order valence-electron chi connectivity index (χ3n) is 19.9. The van der Waals surface area contributed by atoms with Crippen LogP contribution in [0.2, 0.25) is 0 Å². The first-order valence-corrected chi connectivity index (χ1v) is 25.4. The second kappa shape index (κ2) is 15.2. The largest absolute Gasteiger partial charge is 0.458 e. The van der Waals surface area contributed by atoms with E-state index in [1.54, 1.807) is 0 Å². The molecule has 64 heavy (non-hydrogen) atoms. The number of unbranched alkanes of at least 4 members (excludes halogenated alkanes) is 1. The number of aliphatic hydroxyl groups excluding tert-OH is 2. The molecule has 0 aromatic carbocycles. The van der Waals surface area contributed by atoms with Crippen LogP contribution in [0.1, 0.15) is 144 Å². The molecule has 16 atom stereocenters. The van der Waals surface area contributed by atoms with E-state index in [0.717, 1.165) is 67.2 Å².